The minimum Gasteiger partial charge on any atom is -0.254 e. The van der Waals surface area contributed by atoms with Crippen LogP contribution >= 0.6 is 11.6 Å². The molecule has 4 heteroatoms. The van der Waals surface area contributed by atoms with Crippen LogP contribution in [0, 0.1) is 11.3 Å². The first-order chi connectivity index (χ1) is 9.22. The highest BCUT2D eigenvalue weighted by Gasteiger charge is 2.20. The first-order valence-corrected chi connectivity index (χ1v) is 7.39. The summed E-state index contributed by atoms with van der Waals surface area (Å²) in [5, 5.41) is 9.23. The number of halogens is 1. The molecule has 0 saturated carbocycles. The molecule has 2 atom stereocenters. The summed E-state index contributed by atoms with van der Waals surface area (Å²) in [7, 11) is -1.26. The summed E-state index contributed by atoms with van der Waals surface area (Å²) in [5.41, 5.74) is 0.914. The Kier molecular flexibility index (Phi) is 4.73. The van der Waals surface area contributed by atoms with Crippen molar-refractivity contribution in [3.63, 3.8) is 0 Å². The van der Waals surface area contributed by atoms with Gasteiger partial charge >= 0.3 is 0 Å². The van der Waals surface area contributed by atoms with Crippen molar-refractivity contribution in [1.29, 1.82) is 5.26 Å². The summed E-state index contributed by atoms with van der Waals surface area (Å²) < 4.78 is 12.6. The van der Waals surface area contributed by atoms with Gasteiger partial charge in [-0.3, -0.25) is 4.21 Å². The van der Waals surface area contributed by atoms with E-state index in [1.54, 1.807) is 24.3 Å². The van der Waals surface area contributed by atoms with E-state index < -0.39 is 10.8 Å². The van der Waals surface area contributed by atoms with Gasteiger partial charge in [0.15, 0.2) is 0 Å². The number of nitriles is 1. The largest absolute Gasteiger partial charge is 0.254 e. The van der Waals surface area contributed by atoms with Crippen molar-refractivity contribution in [2.75, 3.05) is 0 Å². The van der Waals surface area contributed by atoms with Crippen molar-refractivity contribution in [2.24, 2.45) is 0 Å². The van der Waals surface area contributed by atoms with Gasteiger partial charge in [0.05, 0.1) is 28.5 Å². The predicted molar refractivity (Wildman–Crippen MR) is 77.3 cm³/mol. The van der Waals surface area contributed by atoms with Crippen molar-refractivity contribution in [3.05, 3.63) is 65.2 Å². The van der Waals surface area contributed by atoms with Gasteiger partial charge < -0.3 is 0 Å². The molecule has 2 aromatic rings. The molecule has 0 aliphatic rings. The van der Waals surface area contributed by atoms with E-state index in [0.717, 1.165) is 5.56 Å². The average molecular weight is 290 g/mol. The van der Waals surface area contributed by atoms with Gasteiger partial charge in [-0.2, -0.15) is 5.26 Å². The molecule has 0 N–H and O–H groups in total. The summed E-state index contributed by atoms with van der Waals surface area (Å²) in [6.07, 6.45) is 0.221. The molecule has 0 bridgehead atoms. The molecular formula is C15H12ClNOS. The van der Waals surface area contributed by atoms with E-state index >= 15 is 0 Å². The lowest BCUT2D eigenvalue weighted by Crippen LogP contribution is -2.06. The molecule has 0 saturated heterocycles. The molecule has 0 radical (unpaired) electrons. The van der Waals surface area contributed by atoms with E-state index in [2.05, 4.69) is 6.07 Å². The normalized spacial score (nSPS) is 13.5. The highest BCUT2D eigenvalue weighted by atomic mass is 35.5. The van der Waals surface area contributed by atoms with Crippen LogP contribution in [0.5, 0.6) is 0 Å². The van der Waals surface area contributed by atoms with Crippen LogP contribution in [0.3, 0.4) is 0 Å². The van der Waals surface area contributed by atoms with Gasteiger partial charge in [-0.1, -0.05) is 41.9 Å². The quantitative estimate of drug-likeness (QED) is 0.850. The van der Waals surface area contributed by atoms with Gasteiger partial charge in [0.25, 0.3) is 0 Å². The van der Waals surface area contributed by atoms with Crippen LogP contribution in [0.1, 0.15) is 17.2 Å². The Hall–Kier alpha value is -1.63. The Morgan fingerprint density at radius 1 is 1.11 bits per heavy atom. The summed E-state index contributed by atoms with van der Waals surface area (Å²) in [4.78, 5) is 0.688. The Bertz CT molecular complexity index is 604. The molecule has 0 amide bonds. The maximum Gasteiger partial charge on any atom is 0.0773 e. The Labute approximate surface area is 120 Å². The van der Waals surface area contributed by atoms with Crippen LogP contribution < -0.4 is 0 Å². The van der Waals surface area contributed by atoms with Gasteiger partial charge in [0.1, 0.15) is 0 Å². The molecule has 2 unspecified atom stereocenters. The molecule has 19 heavy (non-hydrogen) atoms. The fourth-order valence-corrected chi connectivity index (χ4v) is 3.29. The maximum atomic E-state index is 12.6. The highest BCUT2D eigenvalue weighted by molar-refractivity contribution is 7.85. The van der Waals surface area contributed by atoms with Crippen LogP contribution in [0.15, 0.2) is 59.5 Å². The van der Waals surface area contributed by atoms with Crippen LogP contribution in [0.25, 0.3) is 0 Å². The molecule has 0 fully saturated rings. The Balaban J connectivity index is 2.32. The predicted octanol–water partition coefficient (Wildman–Crippen LogP) is 4.10. The Morgan fingerprint density at radius 2 is 1.74 bits per heavy atom. The molecule has 2 aromatic carbocycles. The van der Waals surface area contributed by atoms with E-state index in [1.807, 2.05) is 30.3 Å². The maximum absolute atomic E-state index is 12.6. The van der Waals surface area contributed by atoms with E-state index in [-0.39, 0.29) is 11.7 Å². The molecule has 2 rings (SSSR count). The molecular weight excluding hydrogens is 278 g/mol. The number of nitrogens with zero attached hydrogens (tertiary/aromatic N) is 1. The molecule has 2 nitrogen and oxygen atoms in total. The molecule has 96 valence electrons. The van der Waals surface area contributed by atoms with Crippen LogP contribution in [-0.2, 0) is 10.8 Å². The fraction of sp³-hybridized carbons (Fsp3) is 0.133. The summed E-state index contributed by atoms with van der Waals surface area (Å²) in [6.45, 7) is 0. The number of benzene rings is 2. The standard InChI is InChI=1S/C15H12ClNOS/c16-13-6-8-14(9-7-13)19(18)15(10-11-17)12-4-2-1-3-5-12/h1-9,15H,10H2. The third kappa shape index (κ3) is 3.44. The second-order valence-corrected chi connectivity index (χ2v) is 6.08. The third-order valence-electron chi connectivity index (χ3n) is 2.75. The van der Waals surface area contributed by atoms with Gasteiger partial charge in [-0.05, 0) is 29.8 Å². The minimum atomic E-state index is -1.26. The van der Waals surface area contributed by atoms with Crippen molar-refractivity contribution < 1.29 is 4.21 Å². The van der Waals surface area contributed by atoms with Crippen molar-refractivity contribution in [3.8, 4) is 6.07 Å². The van der Waals surface area contributed by atoms with E-state index in [4.69, 9.17) is 16.9 Å². The van der Waals surface area contributed by atoms with E-state index in [1.165, 1.54) is 0 Å². The minimum absolute atomic E-state index is 0.221. The molecule has 0 aliphatic heterocycles. The summed E-state index contributed by atoms with van der Waals surface area (Å²) in [5.74, 6) is 0. The number of hydrogen-bond acceptors (Lipinski definition) is 2. The van der Waals surface area contributed by atoms with Crippen molar-refractivity contribution >= 4 is 22.4 Å². The molecule has 0 heterocycles. The third-order valence-corrected chi connectivity index (χ3v) is 4.70. The lowest BCUT2D eigenvalue weighted by atomic mass is 10.1. The van der Waals surface area contributed by atoms with Gasteiger partial charge in [0.2, 0.25) is 0 Å². The zero-order valence-electron chi connectivity index (χ0n) is 10.1. The number of rotatable bonds is 4. The van der Waals surface area contributed by atoms with Gasteiger partial charge in [-0.15, -0.1) is 0 Å². The van der Waals surface area contributed by atoms with Crippen LogP contribution in [-0.4, -0.2) is 4.21 Å². The van der Waals surface area contributed by atoms with Gasteiger partial charge in [-0.25, -0.2) is 0 Å². The van der Waals surface area contributed by atoms with Crippen molar-refractivity contribution in [1.82, 2.24) is 0 Å². The summed E-state index contributed by atoms with van der Waals surface area (Å²) in [6, 6.07) is 18.5. The van der Waals surface area contributed by atoms with Crippen LogP contribution in [0.2, 0.25) is 5.02 Å². The topological polar surface area (TPSA) is 40.9 Å². The van der Waals surface area contributed by atoms with Crippen molar-refractivity contribution in [2.45, 2.75) is 16.6 Å². The SMILES string of the molecule is N#CCC(c1ccccc1)S(=O)c1ccc(Cl)cc1. The number of hydrogen-bond donors (Lipinski definition) is 0. The first kappa shape index (κ1) is 13.8. The smallest absolute Gasteiger partial charge is 0.0773 e. The zero-order chi connectivity index (χ0) is 13.7. The highest BCUT2D eigenvalue weighted by Crippen LogP contribution is 2.28. The van der Waals surface area contributed by atoms with E-state index in [0.29, 0.717) is 9.92 Å². The second kappa shape index (κ2) is 6.51. The lowest BCUT2D eigenvalue weighted by Gasteiger charge is -2.14. The zero-order valence-corrected chi connectivity index (χ0v) is 11.7. The molecule has 0 aliphatic carbocycles. The molecule has 0 aromatic heterocycles. The van der Waals surface area contributed by atoms with Crippen LogP contribution in [0.4, 0.5) is 0 Å². The Morgan fingerprint density at radius 3 is 2.32 bits per heavy atom. The average Bonchev–Trinajstić information content (AvgIpc) is 2.46. The monoisotopic (exact) mass is 289 g/mol. The second-order valence-electron chi connectivity index (χ2n) is 4.01. The lowest BCUT2D eigenvalue weighted by molar-refractivity contribution is 0.672. The first-order valence-electron chi connectivity index (χ1n) is 5.80. The summed E-state index contributed by atoms with van der Waals surface area (Å²) >= 11 is 5.82. The van der Waals surface area contributed by atoms with Gasteiger partial charge in [0, 0.05) is 9.92 Å². The van der Waals surface area contributed by atoms with E-state index in [9.17, 15) is 4.21 Å². The fourth-order valence-electron chi connectivity index (χ4n) is 1.80. The molecule has 0 spiro atoms.